The molecular formula is C25H22ClNO3S. The van der Waals surface area contributed by atoms with Crippen LogP contribution in [0.1, 0.15) is 37.5 Å². The number of ether oxygens (including phenoxy) is 2. The van der Waals surface area contributed by atoms with Crippen molar-refractivity contribution in [2.45, 2.75) is 26.8 Å². The number of halogens is 1. The molecule has 5 rings (SSSR count). The van der Waals surface area contributed by atoms with Gasteiger partial charge in [-0.2, -0.15) is 0 Å². The van der Waals surface area contributed by atoms with E-state index in [4.69, 9.17) is 21.1 Å². The molecule has 0 atom stereocenters. The summed E-state index contributed by atoms with van der Waals surface area (Å²) in [6.07, 6.45) is 2.75. The third-order valence-corrected chi connectivity index (χ3v) is 7.00. The van der Waals surface area contributed by atoms with Crippen molar-refractivity contribution >= 4 is 34.8 Å². The van der Waals surface area contributed by atoms with Gasteiger partial charge in [0.25, 0.3) is 0 Å². The number of allylic oxidation sites excluding steroid dienone is 1. The number of carbonyl (C=O) groups is 1. The van der Waals surface area contributed by atoms with Crippen LogP contribution in [-0.4, -0.2) is 24.0 Å². The first-order valence-electron chi connectivity index (χ1n) is 10.2. The van der Waals surface area contributed by atoms with E-state index in [2.05, 4.69) is 4.90 Å². The Kier molecular flexibility index (Phi) is 5.34. The Hall–Kier alpha value is -2.60. The van der Waals surface area contributed by atoms with Crippen molar-refractivity contribution in [2.24, 2.45) is 0 Å². The van der Waals surface area contributed by atoms with E-state index < -0.39 is 0 Å². The van der Waals surface area contributed by atoms with E-state index in [1.165, 1.54) is 5.56 Å². The molecule has 0 aliphatic carbocycles. The van der Waals surface area contributed by atoms with Gasteiger partial charge in [-0.1, -0.05) is 23.7 Å². The van der Waals surface area contributed by atoms with Crippen molar-refractivity contribution in [2.75, 3.05) is 13.3 Å². The number of thiophene rings is 1. The zero-order valence-electron chi connectivity index (χ0n) is 17.4. The van der Waals surface area contributed by atoms with E-state index in [0.717, 1.165) is 45.3 Å². The highest BCUT2D eigenvalue weighted by Crippen LogP contribution is 2.44. The molecule has 0 fully saturated rings. The lowest BCUT2D eigenvalue weighted by Crippen LogP contribution is -2.33. The van der Waals surface area contributed by atoms with Gasteiger partial charge in [-0.05, 0) is 66.6 Å². The van der Waals surface area contributed by atoms with Gasteiger partial charge in [0.1, 0.15) is 18.2 Å². The van der Waals surface area contributed by atoms with Gasteiger partial charge in [-0.15, -0.1) is 11.3 Å². The molecule has 0 unspecified atom stereocenters. The van der Waals surface area contributed by atoms with Crippen LogP contribution in [0.25, 0.3) is 6.08 Å². The van der Waals surface area contributed by atoms with E-state index in [0.29, 0.717) is 30.3 Å². The van der Waals surface area contributed by atoms with Crippen molar-refractivity contribution in [3.8, 4) is 11.5 Å². The van der Waals surface area contributed by atoms with Crippen LogP contribution in [-0.2, 0) is 13.0 Å². The van der Waals surface area contributed by atoms with Crippen molar-refractivity contribution in [1.29, 1.82) is 0 Å². The number of Topliss-reactive ketones (excluding diaryl/α,β-unsaturated/α-hetero) is 1. The minimum absolute atomic E-state index is 0.0543. The fourth-order valence-electron chi connectivity index (χ4n) is 4.01. The molecule has 4 nitrogen and oxygen atoms in total. The number of nitrogens with zero attached hydrogens (tertiary/aromatic N) is 1. The highest BCUT2D eigenvalue weighted by molar-refractivity contribution is 7.11. The molecule has 2 aliphatic heterocycles. The monoisotopic (exact) mass is 451 g/mol. The summed E-state index contributed by atoms with van der Waals surface area (Å²) in [6.45, 7) is 6.02. The van der Waals surface area contributed by atoms with Gasteiger partial charge < -0.3 is 9.47 Å². The molecule has 3 aromatic rings. The molecular weight excluding hydrogens is 430 g/mol. The van der Waals surface area contributed by atoms with Gasteiger partial charge in [-0.25, -0.2) is 0 Å². The number of hydrogen-bond donors (Lipinski definition) is 0. The van der Waals surface area contributed by atoms with Crippen LogP contribution >= 0.6 is 22.9 Å². The van der Waals surface area contributed by atoms with Crippen LogP contribution < -0.4 is 9.47 Å². The zero-order valence-corrected chi connectivity index (χ0v) is 19.0. The molecule has 1 aromatic heterocycles. The molecule has 0 radical (unpaired) electrons. The second-order valence-corrected chi connectivity index (χ2v) is 9.37. The van der Waals surface area contributed by atoms with E-state index in [1.54, 1.807) is 11.3 Å². The van der Waals surface area contributed by atoms with Crippen molar-refractivity contribution in [3.63, 3.8) is 0 Å². The Morgan fingerprint density at radius 3 is 2.71 bits per heavy atom. The number of carbonyl (C=O) groups excluding carboxylic acids is 1. The first-order valence-corrected chi connectivity index (χ1v) is 11.5. The molecule has 0 saturated heterocycles. The smallest absolute Gasteiger partial charge is 0.232 e. The molecule has 158 valence electrons. The number of ketones is 1. The van der Waals surface area contributed by atoms with Gasteiger partial charge in [0.2, 0.25) is 5.78 Å². The van der Waals surface area contributed by atoms with E-state index in [-0.39, 0.29) is 5.78 Å². The lowest BCUT2D eigenvalue weighted by Gasteiger charge is -2.30. The molecule has 3 heterocycles. The third-order valence-electron chi connectivity index (χ3n) is 5.78. The third kappa shape index (κ3) is 3.89. The SMILES string of the molecule is Cc1ccsc1/C=C1/Oc2c3c(cc(C)c2C1=O)OCN(CCc1ccc(Cl)cc1)C3. The Bertz CT molecular complexity index is 1200. The average Bonchev–Trinajstić information content (AvgIpc) is 3.32. The number of fused-ring (bicyclic) bond motifs is 3. The summed E-state index contributed by atoms with van der Waals surface area (Å²) in [5, 5.41) is 2.77. The second-order valence-electron chi connectivity index (χ2n) is 7.98. The summed E-state index contributed by atoms with van der Waals surface area (Å²) in [7, 11) is 0. The van der Waals surface area contributed by atoms with Gasteiger partial charge in [0.05, 0.1) is 11.1 Å². The maximum absolute atomic E-state index is 13.1. The Morgan fingerprint density at radius 1 is 1.16 bits per heavy atom. The van der Waals surface area contributed by atoms with Gasteiger partial charge in [0.15, 0.2) is 5.76 Å². The lowest BCUT2D eigenvalue weighted by molar-refractivity contribution is 0.0949. The summed E-state index contributed by atoms with van der Waals surface area (Å²) in [4.78, 5) is 16.4. The van der Waals surface area contributed by atoms with Crippen LogP contribution in [0.2, 0.25) is 5.02 Å². The summed E-state index contributed by atoms with van der Waals surface area (Å²) in [5.41, 5.74) is 4.86. The van der Waals surface area contributed by atoms with E-state index in [1.807, 2.05) is 61.7 Å². The first-order chi connectivity index (χ1) is 15.0. The number of hydrogen-bond acceptors (Lipinski definition) is 5. The normalized spacial score (nSPS) is 16.7. The van der Waals surface area contributed by atoms with Crippen LogP contribution in [0, 0.1) is 13.8 Å². The predicted octanol–water partition coefficient (Wildman–Crippen LogP) is 6.03. The summed E-state index contributed by atoms with van der Waals surface area (Å²) < 4.78 is 12.2. The molecule has 2 aromatic carbocycles. The van der Waals surface area contributed by atoms with Crippen LogP contribution in [0.15, 0.2) is 47.5 Å². The van der Waals surface area contributed by atoms with Gasteiger partial charge in [-0.3, -0.25) is 9.69 Å². The predicted molar refractivity (Wildman–Crippen MR) is 124 cm³/mol. The molecule has 0 spiro atoms. The zero-order chi connectivity index (χ0) is 21.5. The maximum Gasteiger partial charge on any atom is 0.232 e. The van der Waals surface area contributed by atoms with Crippen molar-refractivity contribution in [3.05, 3.63) is 85.3 Å². The molecule has 6 heteroatoms. The topological polar surface area (TPSA) is 38.8 Å². The number of benzene rings is 2. The molecule has 0 saturated carbocycles. The van der Waals surface area contributed by atoms with Gasteiger partial charge >= 0.3 is 0 Å². The largest absolute Gasteiger partial charge is 0.478 e. The Labute approximate surface area is 190 Å². The van der Waals surface area contributed by atoms with Crippen LogP contribution in [0.3, 0.4) is 0 Å². The average molecular weight is 452 g/mol. The lowest BCUT2D eigenvalue weighted by atomic mass is 9.98. The molecule has 0 N–H and O–H groups in total. The fraction of sp³-hybridized carbons (Fsp3) is 0.240. The molecule has 31 heavy (non-hydrogen) atoms. The maximum atomic E-state index is 13.1. The second kappa shape index (κ2) is 8.15. The molecule has 2 aliphatic rings. The van der Waals surface area contributed by atoms with Gasteiger partial charge in [0, 0.05) is 29.1 Å². The fourth-order valence-corrected chi connectivity index (χ4v) is 4.98. The molecule has 0 amide bonds. The first kappa shape index (κ1) is 20.3. The molecule has 0 bridgehead atoms. The summed E-state index contributed by atoms with van der Waals surface area (Å²) in [6, 6.07) is 11.9. The number of aryl methyl sites for hydroxylation is 2. The minimum Gasteiger partial charge on any atom is -0.478 e. The summed E-state index contributed by atoms with van der Waals surface area (Å²) >= 11 is 7.59. The van der Waals surface area contributed by atoms with Crippen molar-refractivity contribution < 1.29 is 14.3 Å². The highest BCUT2D eigenvalue weighted by atomic mass is 35.5. The standard InChI is InChI=1S/C25H22ClNO3S/c1-15-8-10-31-22(15)12-21-24(28)23-16(2)11-20-19(25(23)30-21)13-27(14-29-20)9-7-17-3-5-18(26)6-4-17/h3-6,8,10-12H,7,9,13-14H2,1-2H3/b21-12+. The minimum atomic E-state index is -0.0543. The van der Waals surface area contributed by atoms with Crippen LogP contribution in [0.5, 0.6) is 11.5 Å². The number of rotatable bonds is 4. The van der Waals surface area contributed by atoms with Crippen molar-refractivity contribution in [1.82, 2.24) is 4.90 Å². The highest BCUT2D eigenvalue weighted by Gasteiger charge is 2.35. The van der Waals surface area contributed by atoms with E-state index in [9.17, 15) is 4.79 Å². The Balaban J connectivity index is 1.40. The quantitative estimate of drug-likeness (QED) is 0.454. The van der Waals surface area contributed by atoms with Crippen LogP contribution in [0.4, 0.5) is 0 Å². The Morgan fingerprint density at radius 2 is 1.97 bits per heavy atom. The summed E-state index contributed by atoms with van der Waals surface area (Å²) in [5.74, 6) is 1.79. The van der Waals surface area contributed by atoms with E-state index >= 15 is 0 Å².